The lowest BCUT2D eigenvalue weighted by molar-refractivity contribution is -0.117. The first-order valence-electron chi connectivity index (χ1n) is 7.16. The zero-order valence-corrected chi connectivity index (χ0v) is 13.4. The van der Waals surface area contributed by atoms with Crippen molar-refractivity contribution >= 4 is 28.9 Å². The van der Waals surface area contributed by atoms with E-state index in [-0.39, 0.29) is 5.91 Å². The number of nitrogens with zero attached hydrogens (tertiary/aromatic N) is 2. The lowest BCUT2D eigenvalue weighted by Gasteiger charge is -2.20. The predicted molar refractivity (Wildman–Crippen MR) is 87.6 cm³/mol. The molecule has 0 bridgehead atoms. The van der Waals surface area contributed by atoms with Gasteiger partial charge in [-0.1, -0.05) is 11.6 Å². The van der Waals surface area contributed by atoms with Gasteiger partial charge >= 0.3 is 0 Å². The minimum Gasteiger partial charge on any atom is -0.397 e. The quantitative estimate of drug-likeness (QED) is 0.813. The Hall–Kier alpha value is -1.30. The first-order valence-corrected chi connectivity index (χ1v) is 7.54. The predicted octanol–water partition coefficient (Wildman–Crippen LogP) is 1.74. The van der Waals surface area contributed by atoms with Crippen LogP contribution in [-0.4, -0.2) is 56.0 Å². The van der Waals surface area contributed by atoms with Crippen LogP contribution in [0.1, 0.15) is 6.42 Å². The second-order valence-corrected chi connectivity index (χ2v) is 6.31. The zero-order chi connectivity index (χ0) is 15.4. The molecule has 1 aromatic rings. The lowest BCUT2D eigenvalue weighted by atomic mass is 10.1. The van der Waals surface area contributed by atoms with Crippen LogP contribution < -0.4 is 11.1 Å². The molecule has 116 valence electrons. The molecule has 0 radical (unpaired) electrons. The normalized spacial score (nSPS) is 19.1. The van der Waals surface area contributed by atoms with E-state index in [1.807, 2.05) is 7.05 Å². The van der Waals surface area contributed by atoms with Crippen LogP contribution in [0.4, 0.5) is 11.4 Å². The number of benzene rings is 1. The molecule has 5 nitrogen and oxygen atoms in total. The number of nitrogens with two attached hydrogens (primary N) is 1. The smallest absolute Gasteiger partial charge is 0.238 e. The number of likely N-dealkylation sites (N-methyl/N-ethyl adjacent to an activating group) is 1. The van der Waals surface area contributed by atoms with Gasteiger partial charge in [-0.3, -0.25) is 9.69 Å². The van der Waals surface area contributed by atoms with Crippen molar-refractivity contribution in [3.63, 3.8) is 0 Å². The van der Waals surface area contributed by atoms with E-state index in [2.05, 4.69) is 22.2 Å². The number of hydrogen-bond donors (Lipinski definition) is 2. The first kappa shape index (κ1) is 16.1. The monoisotopic (exact) mass is 310 g/mol. The van der Waals surface area contributed by atoms with Gasteiger partial charge < -0.3 is 16.0 Å². The zero-order valence-electron chi connectivity index (χ0n) is 12.6. The summed E-state index contributed by atoms with van der Waals surface area (Å²) in [6.45, 7) is 3.58. The van der Waals surface area contributed by atoms with Crippen molar-refractivity contribution in [2.45, 2.75) is 6.42 Å². The van der Waals surface area contributed by atoms with Gasteiger partial charge in [-0.15, -0.1) is 0 Å². The number of halogens is 1. The molecular weight excluding hydrogens is 288 g/mol. The highest BCUT2D eigenvalue weighted by Crippen LogP contribution is 2.22. The van der Waals surface area contributed by atoms with Crippen molar-refractivity contribution in [1.82, 2.24) is 9.80 Å². The fourth-order valence-corrected chi connectivity index (χ4v) is 2.87. The average molecular weight is 311 g/mol. The summed E-state index contributed by atoms with van der Waals surface area (Å²) in [4.78, 5) is 16.4. The summed E-state index contributed by atoms with van der Waals surface area (Å²) in [6.07, 6.45) is 1.20. The van der Waals surface area contributed by atoms with Gasteiger partial charge in [-0.05, 0) is 51.2 Å². The summed E-state index contributed by atoms with van der Waals surface area (Å²) >= 11 is 5.86. The van der Waals surface area contributed by atoms with Gasteiger partial charge in [-0.25, -0.2) is 0 Å². The van der Waals surface area contributed by atoms with Gasteiger partial charge in [0.2, 0.25) is 5.91 Å². The van der Waals surface area contributed by atoms with Crippen LogP contribution >= 0.6 is 11.6 Å². The lowest BCUT2D eigenvalue weighted by Crippen LogP contribution is -2.34. The highest BCUT2D eigenvalue weighted by molar-refractivity contribution is 6.33. The van der Waals surface area contributed by atoms with E-state index in [1.165, 1.54) is 6.42 Å². The van der Waals surface area contributed by atoms with Crippen LogP contribution in [0.2, 0.25) is 5.02 Å². The molecule has 6 heteroatoms. The molecule has 0 aromatic heterocycles. The van der Waals surface area contributed by atoms with Crippen LogP contribution in [0.3, 0.4) is 0 Å². The SMILES string of the molecule is CN1CCC(CN(C)CC(=O)Nc2ccc(Cl)c(N)c2)C1. The second kappa shape index (κ2) is 7.11. The van der Waals surface area contributed by atoms with Crippen molar-refractivity contribution in [2.24, 2.45) is 5.92 Å². The fourth-order valence-electron chi connectivity index (χ4n) is 2.75. The molecule has 1 amide bonds. The number of nitrogen functional groups attached to an aromatic ring is 1. The van der Waals surface area contributed by atoms with E-state index < -0.39 is 0 Å². The number of nitrogens with one attached hydrogen (secondary N) is 1. The topological polar surface area (TPSA) is 61.6 Å². The number of rotatable bonds is 5. The number of amides is 1. The highest BCUT2D eigenvalue weighted by atomic mass is 35.5. The van der Waals surface area contributed by atoms with E-state index >= 15 is 0 Å². The summed E-state index contributed by atoms with van der Waals surface area (Å²) in [5.74, 6) is 0.615. The maximum Gasteiger partial charge on any atom is 0.238 e. The highest BCUT2D eigenvalue weighted by Gasteiger charge is 2.21. The first-order chi connectivity index (χ1) is 9.94. The van der Waals surface area contributed by atoms with Crippen molar-refractivity contribution in [3.05, 3.63) is 23.2 Å². The Balaban J connectivity index is 1.79. The summed E-state index contributed by atoms with van der Waals surface area (Å²) < 4.78 is 0. The number of likely N-dealkylation sites (tertiary alicyclic amines) is 1. The molecule has 21 heavy (non-hydrogen) atoms. The number of carbonyl (C=O) groups excluding carboxylic acids is 1. The maximum absolute atomic E-state index is 12.0. The molecule has 1 fully saturated rings. The van der Waals surface area contributed by atoms with Crippen LogP contribution in [0.25, 0.3) is 0 Å². The van der Waals surface area contributed by atoms with Crippen LogP contribution in [0, 0.1) is 5.92 Å². The molecule has 3 N–H and O–H groups in total. The summed E-state index contributed by atoms with van der Waals surface area (Å²) in [5, 5.41) is 3.34. The largest absolute Gasteiger partial charge is 0.397 e. The average Bonchev–Trinajstić information content (AvgIpc) is 2.79. The summed E-state index contributed by atoms with van der Waals surface area (Å²) in [5.41, 5.74) is 6.87. The third-order valence-electron chi connectivity index (χ3n) is 3.75. The summed E-state index contributed by atoms with van der Waals surface area (Å²) in [7, 11) is 4.12. The van der Waals surface area contributed by atoms with Gasteiger partial charge in [0.1, 0.15) is 0 Å². The van der Waals surface area contributed by atoms with Crippen molar-refractivity contribution in [2.75, 3.05) is 51.3 Å². The molecule has 1 atom stereocenters. The summed E-state index contributed by atoms with van der Waals surface area (Å²) in [6, 6.07) is 5.11. The van der Waals surface area contributed by atoms with Crippen molar-refractivity contribution in [3.8, 4) is 0 Å². The van der Waals surface area contributed by atoms with E-state index in [1.54, 1.807) is 18.2 Å². The van der Waals surface area contributed by atoms with Gasteiger partial charge in [0.15, 0.2) is 0 Å². The van der Waals surface area contributed by atoms with Crippen LogP contribution in [-0.2, 0) is 4.79 Å². The van der Waals surface area contributed by atoms with Crippen molar-refractivity contribution in [1.29, 1.82) is 0 Å². The fraction of sp³-hybridized carbons (Fsp3) is 0.533. The Labute approximate surface area is 131 Å². The number of carbonyl (C=O) groups is 1. The van der Waals surface area contributed by atoms with Gasteiger partial charge in [0, 0.05) is 18.8 Å². The van der Waals surface area contributed by atoms with E-state index in [0.717, 1.165) is 19.6 Å². The Morgan fingerprint density at radius 2 is 2.33 bits per heavy atom. The number of hydrogen-bond acceptors (Lipinski definition) is 4. The Morgan fingerprint density at radius 3 is 2.95 bits per heavy atom. The minimum atomic E-state index is -0.0365. The van der Waals surface area contributed by atoms with Crippen molar-refractivity contribution < 1.29 is 4.79 Å². The minimum absolute atomic E-state index is 0.0365. The molecule has 1 aromatic carbocycles. The van der Waals surface area contributed by atoms with E-state index in [0.29, 0.717) is 28.9 Å². The second-order valence-electron chi connectivity index (χ2n) is 5.90. The molecule has 0 aliphatic carbocycles. The van der Waals surface area contributed by atoms with Gasteiger partial charge in [-0.2, -0.15) is 0 Å². The molecule has 1 saturated heterocycles. The Morgan fingerprint density at radius 1 is 1.57 bits per heavy atom. The van der Waals surface area contributed by atoms with Gasteiger partial charge in [0.05, 0.1) is 17.3 Å². The van der Waals surface area contributed by atoms with Crippen LogP contribution in [0.15, 0.2) is 18.2 Å². The molecule has 1 unspecified atom stereocenters. The molecular formula is C15H23ClN4O. The molecule has 0 spiro atoms. The van der Waals surface area contributed by atoms with E-state index in [9.17, 15) is 4.79 Å². The molecule has 2 rings (SSSR count). The number of anilines is 2. The molecule has 1 heterocycles. The maximum atomic E-state index is 12.0. The standard InChI is InChI=1S/C15H23ClN4O/c1-19-6-5-11(8-19)9-20(2)10-15(21)18-12-3-4-13(16)14(17)7-12/h3-4,7,11H,5-6,8-10,17H2,1-2H3,(H,18,21). The Kier molecular flexibility index (Phi) is 5.45. The molecule has 1 aliphatic rings. The van der Waals surface area contributed by atoms with Gasteiger partial charge in [0.25, 0.3) is 0 Å². The molecule has 0 saturated carbocycles. The van der Waals surface area contributed by atoms with E-state index in [4.69, 9.17) is 17.3 Å². The third kappa shape index (κ3) is 4.88. The molecule has 1 aliphatic heterocycles. The third-order valence-corrected chi connectivity index (χ3v) is 4.10. The Bertz CT molecular complexity index is 508. The van der Waals surface area contributed by atoms with Crippen LogP contribution in [0.5, 0.6) is 0 Å².